The van der Waals surface area contributed by atoms with E-state index in [-0.39, 0.29) is 18.0 Å². The van der Waals surface area contributed by atoms with Crippen LogP contribution in [0, 0.1) is 0 Å². The number of nitrogens with zero attached hydrogens (tertiary/aromatic N) is 5. The van der Waals surface area contributed by atoms with Crippen molar-refractivity contribution in [3.8, 4) is 22.8 Å². The van der Waals surface area contributed by atoms with Gasteiger partial charge in [-0.05, 0) is 76.4 Å². The minimum Gasteiger partial charge on any atom is -0.494 e. The van der Waals surface area contributed by atoms with Crippen LogP contribution in [0.15, 0.2) is 53.9 Å². The fraction of sp³-hybridized carbons (Fsp3) is 0.417. The molecule has 8 heteroatoms. The van der Waals surface area contributed by atoms with Gasteiger partial charge in [0.2, 0.25) is 5.91 Å². The third-order valence-corrected chi connectivity index (χ3v) is 6.70. The molecule has 2 aromatic heterocycles. The average molecular weight is 452 g/mol. The van der Waals surface area contributed by atoms with Crippen LogP contribution in [0.5, 0.6) is 5.75 Å². The number of rotatable bonds is 7. The molecule has 1 saturated heterocycles. The highest BCUT2D eigenvalue weighted by Gasteiger charge is 2.29. The highest BCUT2D eigenvalue weighted by molar-refractivity contribution is 7.99. The molecule has 0 unspecified atom stereocenters. The van der Waals surface area contributed by atoms with Crippen molar-refractivity contribution in [1.29, 1.82) is 0 Å². The molecule has 1 aromatic carbocycles. The summed E-state index contributed by atoms with van der Waals surface area (Å²) in [5.41, 5.74) is 1.83. The summed E-state index contributed by atoms with van der Waals surface area (Å²) in [5, 5.41) is 9.57. The molecule has 0 saturated carbocycles. The van der Waals surface area contributed by atoms with Crippen molar-refractivity contribution >= 4 is 17.7 Å². The first-order valence-corrected chi connectivity index (χ1v) is 12.1. The van der Waals surface area contributed by atoms with Crippen molar-refractivity contribution in [2.45, 2.75) is 57.3 Å². The van der Waals surface area contributed by atoms with Crippen molar-refractivity contribution in [3.05, 3.63) is 48.8 Å². The Labute approximate surface area is 193 Å². The quantitative estimate of drug-likeness (QED) is 0.489. The van der Waals surface area contributed by atoms with Gasteiger partial charge in [0, 0.05) is 35.7 Å². The van der Waals surface area contributed by atoms with Crippen LogP contribution in [-0.4, -0.2) is 55.0 Å². The molecule has 1 aliphatic heterocycles. The van der Waals surface area contributed by atoms with Gasteiger partial charge in [0.15, 0.2) is 11.0 Å². The number of carbonyl (C=O) groups is 1. The fourth-order valence-corrected chi connectivity index (χ4v) is 5.08. The molecule has 0 bridgehead atoms. The Bertz CT molecular complexity index is 1030. The van der Waals surface area contributed by atoms with E-state index in [1.54, 1.807) is 12.4 Å². The lowest BCUT2D eigenvalue weighted by Crippen LogP contribution is -2.48. The molecule has 1 fully saturated rings. The standard InChI is InChI=1S/C24H29N5O2S/c1-4-31-21-10-8-20(9-11-21)29-23(19-12-14-25-15-13-19)26-27-24(29)32-16-22(30)28-17(2)6-5-7-18(28)3/h8-15,17-18H,4-7,16H2,1-3H3/t17-,18-/m1/s1. The number of pyridine rings is 1. The molecule has 1 amide bonds. The molecule has 168 valence electrons. The Kier molecular flexibility index (Phi) is 7.09. The van der Waals surface area contributed by atoms with Gasteiger partial charge in [0.25, 0.3) is 0 Å². The average Bonchev–Trinajstić information content (AvgIpc) is 3.23. The van der Waals surface area contributed by atoms with Crippen LogP contribution in [0.1, 0.15) is 40.0 Å². The highest BCUT2D eigenvalue weighted by Crippen LogP contribution is 2.30. The van der Waals surface area contributed by atoms with Crippen LogP contribution >= 0.6 is 11.8 Å². The summed E-state index contributed by atoms with van der Waals surface area (Å²) in [7, 11) is 0. The molecule has 2 atom stereocenters. The van der Waals surface area contributed by atoms with Crippen LogP contribution < -0.4 is 4.74 Å². The number of hydrogen-bond acceptors (Lipinski definition) is 6. The van der Waals surface area contributed by atoms with Gasteiger partial charge in [-0.15, -0.1) is 10.2 Å². The van der Waals surface area contributed by atoms with Gasteiger partial charge in [-0.2, -0.15) is 0 Å². The number of ether oxygens (including phenoxy) is 1. The maximum absolute atomic E-state index is 13.1. The van der Waals surface area contributed by atoms with E-state index in [1.165, 1.54) is 18.2 Å². The lowest BCUT2D eigenvalue weighted by Gasteiger charge is -2.39. The molecule has 3 heterocycles. The molecule has 0 spiro atoms. The van der Waals surface area contributed by atoms with Crippen molar-refractivity contribution in [2.24, 2.45) is 0 Å². The number of amides is 1. The molecule has 3 aromatic rings. The first kappa shape index (κ1) is 22.3. The zero-order valence-electron chi connectivity index (χ0n) is 18.8. The minimum absolute atomic E-state index is 0.154. The van der Waals surface area contributed by atoms with Crippen molar-refractivity contribution in [2.75, 3.05) is 12.4 Å². The summed E-state index contributed by atoms with van der Waals surface area (Å²) in [5.74, 6) is 2.01. The maximum Gasteiger partial charge on any atom is 0.233 e. The Morgan fingerprint density at radius 1 is 1.06 bits per heavy atom. The number of likely N-dealkylation sites (tertiary alicyclic amines) is 1. The normalized spacial score (nSPS) is 18.5. The number of hydrogen-bond donors (Lipinski definition) is 0. The van der Waals surface area contributed by atoms with Crippen LogP contribution in [0.3, 0.4) is 0 Å². The summed E-state index contributed by atoms with van der Waals surface area (Å²) < 4.78 is 7.58. The Balaban J connectivity index is 1.62. The zero-order valence-corrected chi connectivity index (χ0v) is 19.6. The molecule has 0 aliphatic carbocycles. The number of aromatic nitrogens is 4. The summed E-state index contributed by atoms with van der Waals surface area (Å²) in [4.78, 5) is 19.2. The van der Waals surface area contributed by atoms with Crippen LogP contribution in [-0.2, 0) is 4.79 Å². The summed E-state index contributed by atoms with van der Waals surface area (Å²) in [6.07, 6.45) is 6.79. The molecule has 1 aliphatic rings. The Morgan fingerprint density at radius 3 is 2.41 bits per heavy atom. The monoisotopic (exact) mass is 451 g/mol. The molecule has 0 N–H and O–H groups in total. The van der Waals surface area contributed by atoms with Gasteiger partial charge < -0.3 is 9.64 Å². The van der Waals surface area contributed by atoms with Crippen molar-refractivity contribution in [1.82, 2.24) is 24.6 Å². The van der Waals surface area contributed by atoms with Crippen LogP contribution in [0.2, 0.25) is 0 Å². The SMILES string of the molecule is CCOc1ccc(-n2c(SCC(=O)N3[C@H](C)CCC[C@H]3C)nnc2-c2ccncc2)cc1. The topological polar surface area (TPSA) is 73.1 Å². The van der Waals surface area contributed by atoms with E-state index < -0.39 is 0 Å². The predicted molar refractivity (Wildman–Crippen MR) is 126 cm³/mol. The summed E-state index contributed by atoms with van der Waals surface area (Å²) >= 11 is 1.43. The molecule has 32 heavy (non-hydrogen) atoms. The van der Waals surface area contributed by atoms with E-state index in [4.69, 9.17) is 4.74 Å². The van der Waals surface area contributed by atoms with E-state index in [9.17, 15) is 4.79 Å². The zero-order chi connectivity index (χ0) is 22.5. The lowest BCUT2D eigenvalue weighted by atomic mass is 9.98. The van der Waals surface area contributed by atoms with E-state index in [0.717, 1.165) is 29.8 Å². The highest BCUT2D eigenvalue weighted by atomic mass is 32.2. The molecule has 0 radical (unpaired) electrons. The summed E-state index contributed by atoms with van der Waals surface area (Å²) in [6, 6.07) is 12.2. The minimum atomic E-state index is 0.154. The van der Waals surface area contributed by atoms with E-state index in [2.05, 4.69) is 29.0 Å². The van der Waals surface area contributed by atoms with Gasteiger partial charge >= 0.3 is 0 Å². The number of thioether (sulfide) groups is 1. The van der Waals surface area contributed by atoms with E-state index in [0.29, 0.717) is 23.3 Å². The van der Waals surface area contributed by atoms with Gasteiger partial charge in [-0.25, -0.2) is 0 Å². The fourth-order valence-electron chi connectivity index (χ4n) is 4.26. The number of carbonyl (C=O) groups excluding carboxylic acids is 1. The maximum atomic E-state index is 13.1. The summed E-state index contributed by atoms with van der Waals surface area (Å²) in [6.45, 7) is 6.86. The predicted octanol–water partition coefficient (Wildman–Crippen LogP) is 4.61. The van der Waals surface area contributed by atoms with Gasteiger partial charge in [0.1, 0.15) is 5.75 Å². The number of piperidine rings is 1. The van der Waals surface area contributed by atoms with Crippen LogP contribution in [0.4, 0.5) is 0 Å². The first-order valence-electron chi connectivity index (χ1n) is 11.1. The Hall–Kier alpha value is -2.87. The molecule has 7 nitrogen and oxygen atoms in total. The second-order valence-electron chi connectivity index (χ2n) is 8.02. The molecular weight excluding hydrogens is 422 g/mol. The molecule has 4 rings (SSSR count). The lowest BCUT2D eigenvalue weighted by molar-refractivity contribution is -0.134. The van der Waals surface area contributed by atoms with Gasteiger partial charge in [-0.3, -0.25) is 14.3 Å². The second-order valence-corrected chi connectivity index (χ2v) is 8.97. The van der Waals surface area contributed by atoms with Gasteiger partial charge in [-0.1, -0.05) is 11.8 Å². The van der Waals surface area contributed by atoms with Crippen molar-refractivity contribution < 1.29 is 9.53 Å². The largest absolute Gasteiger partial charge is 0.494 e. The second kappa shape index (κ2) is 10.2. The van der Waals surface area contributed by atoms with E-state index >= 15 is 0 Å². The van der Waals surface area contributed by atoms with Crippen LogP contribution in [0.25, 0.3) is 17.1 Å². The third-order valence-electron chi connectivity index (χ3n) is 5.78. The van der Waals surface area contributed by atoms with E-state index in [1.807, 2.05) is 52.8 Å². The van der Waals surface area contributed by atoms with Gasteiger partial charge in [0.05, 0.1) is 12.4 Å². The number of benzene rings is 1. The molecular formula is C24H29N5O2S. The first-order chi connectivity index (χ1) is 15.6. The smallest absolute Gasteiger partial charge is 0.233 e. The Morgan fingerprint density at radius 2 is 1.75 bits per heavy atom. The van der Waals surface area contributed by atoms with Crippen molar-refractivity contribution in [3.63, 3.8) is 0 Å². The third kappa shape index (κ3) is 4.80.